The van der Waals surface area contributed by atoms with Crippen LogP contribution in [-0.4, -0.2) is 60.9 Å². The summed E-state index contributed by atoms with van der Waals surface area (Å²) in [6.07, 6.45) is 3.17. The van der Waals surface area contributed by atoms with Crippen molar-refractivity contribution in [2.24, 2.45) is 0 Å². The minimum Gasteiger partial charge on any atom is -0.394 e. The second-order valence-electron chi connectivity index (χ2n) is 4.45. The summed E-state index contributed by atoms with van der Waals surface area (Å²) in [7, 11) is 0. The lowest BCUT2D eigenvalue weighted by atomic mass is 10.0. The number of nitrogens with one attached hydrogen (secondary N) is 1. The Kier molecular flexibility index (Phi) is 4.15. The molecule has 5 nitrogen and oxygen atoms in total. The van der Waals surface area contributed by atoms with Crippen molar-refractivity contribution in [2.45, 2.75) is 31.3 Å². The maximum atomic E-state index is 12.2. The third kappa shape index (κ3) is 2.53. The second-order valence-corrected chi connectivity index (χ2v) is 4.45. The summed E-state index contributed by atoms with van der Waals surface area (Å²) in [5, 5.41) is 12.5. The number of ether oxygens (including phenoxy) is 1. The van der Waals surface area contributed by atoms with Gasteiger partial charge in [-0.05, 0) is 19.4 Å². The molecule has 2 atom stereocenters. The highest BCUT2D eigenvalue weighted by molar-refractivity contribution is 5.82. The number of hydrogen-bond acceptors (Lipinski definition) is 4. The molecule has 1 amide bonds. The molecule has 1 unspecified atom stereocenters. The van der Waals surface area contributed by atoms with E-state index in [1.54, 1.807) is 4.90 Å². The third-order valence-electron chi connectivity index (χ3n) is 3.33. The molecule has 0 aromatic heterocycles. The molecule has 92 valence electrons. The van der Waals surface area contributed by atoms with E-state index in [-0.39, 0.29) is 24.6 Å². The van der Waals surface area contributed by atoms with Crippen molar-refractivity contribution < 1.29 is 14.6 Å². The first kappa shape index (κ1) is 11.8. The molecule has 2 aliphatic rings. The summed E-state index contributed by atoms with van der Waals surface area (Å²) in [4.78, 5) is 14.0. The number of rotatable bonds is 2. The fraction of sp³-hybridized carbons (Fsp3) is 0.909. The number of amides is 1. The Hall–Kier alpha value is -0.650. The monoisotopic (exact) mass is 228 g/mol. The number of piperidine rings is 1. The lowest BCUT2D eigenvalue weighted by Gasteiger charge is -2.37. The minimum atomic E-state index is -0.162. The average Bonchev–Trinajstić information content (AvgIpc) is 2.39. The Bertz CT molecular complexity index is 241. The number of carbonyl (C=O) groups is 1. The van der Waals surface area contributed by atoms with Gasteiger partial charge in [-0.15, -0.1) is 0 Å². The highest BCUT2D eigenvalue weighted by Crippen LogP contribution is 2.14. The molecule has 0 radical (unpaired) electrons. The molecular weight excluding hydrogens is 208 g/mol. The zero-order chi connectivity index (χ0) is 11.4. The van der Waals surface area contributed by atoms with Gasteiger partial charge in [-0.2, -0.15) is 0 Å². The predicted octanol–water partition coefficient (Wildman–Crippen LogP) is -0.652. The van der Waals surface area contributed by atoms with Gasteiger partial charge >= 0.3 is 0 Å². The van der Waals surface area contributed by atoms with Gasteiger partial charge in [0.1, 0.15) is 0 Å². The molecule has 5 heteroatoms. The summed E-state index contributed by atoms with van der Waals surface area (Å²) in [6, 6.07) is -0.217. The van der Waals surface area contributed by atoms with Crippen LogP contribution in [0.1, 0.15) is 19.3 Å². The van der Waals surface area contributed by atoms with Crippen LogP contribution < -0.4 is 5.32 Å². The molecule has 2 N–H and O–H groups in total. The summed E-state index contributed by atoms with van der Waals surface area (Å²) >= 11 is 0. The number of aliphatic hydroxyl groups is 1. The van der Waals surface area contributed by atoms with Crippen molar-refractivity contribution in [2.75, 3.05) is 32.9 Å². The highest BCUT2D eigenvalue weighted by Gasteiger charge is 2.31. The number of carbonyl (C=O) groups excluding carboxylic acids is 1. The first-order valence-electron chi connectivity index (χ1n) is 6.05. The Morgan fingerprint density at radius 2 is 2.38 bits per heavy atom. The predicted molar refractivity (Wildman–Crippen MR) is 59.0 cm³/mol. The van der Waals surface area contributed by atoms with Gasteiger partial charge in [0.15, 0.2) is 0 Å². The Morgan fingerprint density at radius 1 is 1.50 bits per heavy atom. The average molecular weight is 228 g/mol. The van der Waals surface area contributed by atoms with Crippen molar-refractivity contribution in [3.8, 4) is 0 Å². The maximum absolute atomic E-state index is 12.2. The van der Waals surface area contributed by atoms with E-state index in [1.165, 1.54) is 0 Å². The second kappa shape index (κ2) is 5.61. The summed E-state index contributed by atoms with van der Waals surface area (Å²) in [5.41, 5.74) is 0. The van der Waals surface area contributed by atoms with Crippen molar-refractivity contribution in [1.82, 2.24) is 10.2 Å². The Labute approximate surface area is 95.8 Å². The standard InChI is InChI=1S/C11H20N2O3/c14-7-9-8-16-6-5-13(9)11(15)10-3-1-2-4-12-10/h9-10,12,14H,1-8H2/t9?,10-/m0/s1. The van der Waals surface area contributed by atoms with Gasteiger partial charge in [-0.1, -0.05) is 6.42 Å². The fourth-order valence-corrected chi connectivity index (χ4v) is 2.36. The van der Waals surface area contributed by atoms with Crippen molar-refractivity contribution in [3.63, 3.8) is 0 Å². The van der Waals surface area contributed by atoms with Gasteiger partial charge in [0.25, 0.3) is 0 Å². The molecule has 2 heterocycles. The Balaban J connectivity index is 1.95. The lowest BCUT2D eigenvalue weighted by Crippen LogP contribution is -2.57. The van der Waals surface area contributed by atoms with E-state index >= 15 is 0 Å². The molecule has 2 fully saturated rings. The van der Waals surface area contributed by atoms with Gasteiger partial charge in [-0.25, -0.2) is 0 Å². The van der Waals surface area contributed by atoms with E-state index < -0.39 is 0 Å². The fourth-order valence-electron chi connectivity index (χ4n) is 2.36. The number of aliphatic hydroxyl groups excluding tert-OH is 1. The number of nitrogens with zero attached hydrogens (tertiary/aromatic N) is 1. The molecule has 0 aliphatic carbocycles. The topological polar surface area (TPSA) is 61.8 Å². The smallest absolute Gasteiger partial charge is 0.240 e. The molecule has 0 aromatic carbocycles. The van der Waals surface area contributed by atoms with Crippen LogP contribution in [0.15, 0.2) is 0 Å². The van der Waals surface area contributed by atoms with Crippen LogP contribution in [0.4, 0.5) is 0 Å². The SMILES string of the molecule is O=C([C@@H]1CCCCN1)N1CCOCC1CO. The van der Waals surface area contributed by atoms with E-state index in [9.17, 15) is 9.90 Å². The molecule has 0 spiro atoms. The van der Waals surface area contributed by atoms with Gasteiger partial charge in [0.05, 0.1) is 31.9 Å². The molecular formula is C11H20N2O3. The van der Waals surface area contributed by atoms with Crippen LogP contribution in [0.25, 0.3) is 0 Å². The normalized spacial score (nSPS) is 31.4. The van der Waals surface area contributed by atoms with E-state index in [0.717, 1.165) is 25.8 Å². The number of morpholine rings is 1. The van der Waals surface area contributed by atoms with Gasteiger partial charge in [0, 0.05) is 6.54 Å². The molecule has 2 saturated heterocycles. The zero-order valence-electron chi connectivity index (χ0n) is 9.52. The molecule has 0 aromatic rings. The van der Waals surface area contributed by atoms with Crippen LogP contribution in [0.5, 0.6) is 0 Å². The molecule has 16 heavy (non-hydrogen) atoms. The van der Waals surface area contributed by atoms with Crippen molar-refractivity contribution in [3.05, 3.63) is 0 Å². The first-order chi connectivity index (χ1) is 7.83. The molecule has 0 bridgehead atoms. The van der Waals surface area contributed by atoms with Crippen LogP contribution in [-0.2, 0) is 9.53 Å². The van der Waals surface area contributed by atoms with Crippen LogP contribution in [0.3, 0.4) is 0 Å². The highest BCUT2D eigenvalue weighted by atomic mass is 16.5. The van der Waals surface area contributed by atoms with E-state index in [1.807, 2.05) is 0 Å². The third-order valence-corrected chi connectivity index (χ3v) is 3.33. The maximum Gasteiger partial charge on any atom is 0.240 e. The summed E-state index contributed by atoms with van der Waals surface area (Å²) in [6.45, 7) is 2.54. The van der Waals surface area contributed by atoms with Crippen LogP contribution >= 0.6 is 0 Å². The summed E-state index contributed by atoms with van der Waals surface area (Å²) < 4.78 is 5.27. The minimum absolute atomic E-state index is 0.0154. The molecule has 2 aliphatic heterocycles. The van der Waals surface area contributed by atoms with Crippen molar-refractivity contribution >= 4 is 5.91 Å². The number of hydrogen-bond donors (Lipinski definition) is 2. The van der Waals surface area contributed by atoms with Gasteiger partial charge in [-0.3, -0.25) is 4.79 Å². The van der Waals surface area contributed by atoms with E-state index in [2.05, 4.69) is 5.32 Å². The van der Waals surface area contributed by atoms with Crippen LogP contribution in [0, 0.1) is 0 Å². The van der Waals surface area contributed by atoms with Gasteiger partial charge in [0.2, 0.25) is 5.91 Å². The van der Waals surface area contributed by atoms with Gasteiger partial charge < -0.3 is 20.1 Å². The Morgan fingerprint density at radius 3 is 3.06 bits per heavy atom. The van der Waals surface area contributed by atoms with E-state index in [4.69, 9.17) is 4.74 Å². The quantitative estimate of drug-likeness (QED) is 0.659. The lowest BCUT2D eigenvalue weighted by molar-refractivity contribution is -0.144. The first-order valence-corrected chi connectivity index (χ1v) is 6.05. The zero-order valence-corrected chi connectivity index (χ0v) is 9.52. The van der Waals surface area contributed by atoms with Crippen LogP contribution in [0.2, 0.25) is 0 Å². The molecule has 2 rings (SSSR count). The van der Waals surface area contributed by atoms with E-state index in [0.29, 0.717) is 19.8 Å². The van der Waals surface area contributed by atoms with Crippen molar-refractivity contribution in [1.29, 1.82) is 0 Å². The largest absolute Gasteiger partial charge is 0.394 e. The molecule has 0 saturated carbocycles. The summed E-state index contributed by atoms with van der Waals surface area (Å²) in [5.74, 6) is 0.127.